The van der Waals surface area contributed by atoms with Gasteiger partial charge in [-0.1, -0.05) is 15.9 Å². The molecule has 1 aromatic carbocycles. The third-order valence-corrected chi connectivity index (χ3v) is 2.53. The number of carbonyl (C=O) groups excluding carboxylic acids is 1. The first kappa shape index (κ1) is 12.5. The van der Waals surface area contributed by atoms with Crippen molar-refractivity contribution < 1.29 is 9.18 Å². The predicted molar refractivity (Wildman–Crippen MR) is 61.8 cm³/mol. The van der Waals surface area contributed by atoms with E-state index in [4.69, 9.17) is 11.6 Å². The van der Waals surface area contributed by atoms with E-state index in [0.717, 1.165) is 0 Å². The highest BCUT2D eigenvalue weighted by atomic mass is 79.9. The lowest BCUT2D eigenvalue weighted by atomic mass is 10.2. The van der Waals surface area contributed by atoms with Gasteiger partial charge in [-0.3, -0.25) is 4.79 Å². The van der Waals surface area contributed by atoms with Crippen molar-refractivity contribution in [2.75, 3.05) is 12.4 Å². The maximum Gasteiger partial charge on any atom is 0.254 e. The van der Waals surface area contributed by atoms with E-state index in [-0.39, 0.29) is 5.56 Å². The SMILES string of the molecule is O=C(NCCCCl)c1ccc(Br)cc1F. The Morgan fingerprint density at radius 2 is 2.27 bits per heavy atom. The Bertz CT molecular complexity index is 359. The summed E-state index contributed by atoms with van der Waals surface area (Å²) in [6.45, 7) is 0.456. The van der Waals surface area contributed by atoms with Crippen molar-refractivity contribution in [3.8, 4) is 0 Å². The van der Waals surface area contributed by atoms with Gasteiger partial charge < -0.3 is 5.32 Å². The van der Waals surface area contributed by atoms with Gasteiger partial charge >= 0.3 is 0 Å². The lowest BCUT2D eigenvalue weighted by molar-refractivity contribution is 0.0950. The van der Waals surface area contributed by atoms with Crippen molar-refractivity contribution in [3.05, 3.63) is 34.1 Å². The Morgan fingerprint density at radius 1 is 1.53 bits per heavy atom. The molecule has 0 bridgehead atoms. The smallest absolute Gasteiger partial charge is 0.254 e. The standard InChI is InChI=1S/C10H10BrClFNO/c11-7-2-3-8(9(13)6-7)10(15)14-5-1-4-12/h2-3,6H,1,4-5H2,(H,14,15). The zero-order valence-corrected chi connectivity index (χ0v) is 10.2. The molecular weight excluding hydrogens is 284 g/mol. The van der Waals surface area contributed by atoms with Crippen LogP contribution in [-0.2, 0) is 0 Å². The van der Waals surface area contributed by atoms with Crippen LogP contribution >= 0.6 is 27.5 Å². The van der Waals surface area contributed by atoms with Crippen molar-refractivity contribution in [3.63, 3.8) is 0 Å². The van der Waals surface area contributed by atoms with Gasteiger partial charge in [-0.15, -0.1) is 11.6 Å². The van der Waals surface area contributed by atoms with Crippen LogP contribution in [0.15, 0.2) is 22.7 Å². The highest BCUT2D eigenvalue weighted by Gasteiger charge is 2.10. The van der Waals surface area contributed by atoms with Crippen molar-refractivity contribution in [2.45, 2.75) is 6.42 Å². The zero-order valence-electron chi connectivity index (χ0n) is 7.90. The average molecular weight is 295 g/mol. The number of alkyl halides is 1. The number of benzene rings is 1. The van der Waals surface area contributed by atoms with Crippen LogP contribution in [0.25, 0.3) is 0 Å². The molecule has 1 aromatic rings. The lowest BCUT2D eigenvalue weighted by Gasteiger charge is -2.05. The molecule has 0 atom stereocenters. The molecule has 1 rings (SSSR count). The van der Waals surface area contributed by atoms with Gasteiger partial charge in [0.1, 0.15) is 5.82 Å². The lowest BCUT2D eigenvalue weighted by Crippen LogP contribution is -2.25. The Balaban J connectivity index is 2.65. The van der Waals surface area contributed by atoms with Crippen molar-refractivity contribution >= 4 is 33.4 Å². The van der Waals surface area contributed by atoms with Gasteiger partial charge in [0.15, 0.2) is 0 Å². The molecule has 0 aliphatic heterocycles. The van der Waals surface area contributed by atoms with Crippen molar-refractivity contribution in [2.24, 2.45) is 0 Å². The van der Waals surface area contributed by atoms with Crippen LogP contribution in [-0.4, -0.2) is 18.3 Å². The molecule has 0 aliphatic rings. The number of hydrogen-bond donors (Lipinski definition) is 1. The highest BCUT2D eigenvalue weighted by molar-refractivity contribution is 9.10. The van der Waals surface area contributed by atoms with E-state index >= 15 is 0 Å². The number of hydrogen-bond acceptors (Lipinski definition) is 1. The molecule has 0 saturated carbocycles. The van der Waals surface area contributed by atoms with Crippen LogP contribution in [0.3, 0.4) is 0 Å². The summed E-state index contributed by atoms with van der Waals surface area (Å²) in [6.07, 6.45) is 0.672. The highest BCUT2D eigenvalue weighted by Crippen LogP contribution is 2.14. The molecule has 0 aliphatic carbocycles. The minimum Gasteiger partial charge on any atom is -0.352 e. The summed E-state index contributed by atoms with van der Waals surface area (Å²) in [5, 5.41) is 2.58. The topological polar surface area (TPSA) is 29.1 Å². The molecule has 82 valence electrons. The molecule has 0 fully saturated rings. The number of nitrogens with one attached hydrogen (secondary N) is 1. The first-order chi connectivity index (χ1) is 7.15. The molecule has 5 heteroatoms. The number of rotatable bonds is 4. The van der Waals surface area contributed by atoms with Gasteiger partial charge in [0.05, 0.1) is 5.56 Å². The summed E-state index contributed by atoms with van der Waals surface area (Å²) in [5.41, 5.74) is 0.0489. The van der Waals surface area contributed by atoms with E-state index in [1.165, 1.54) is 12.1 Å². The Hall–Kier alpha value is -0.610. The second-order valence-electron chi connectivity index (χ2n) is 2.92. The minimum atomic E-state index is -0.534. The predicted octanol–water partition coefficient (Wildman–Crippen LogP) is 2.95. The molecule has 0 spiro atoms. The van der Waals surface area contributed by atoms with Crippen LogP contribution in [0.1, 0.15) is 16.8 Å². The third kappa shape index (κ3) is 3.80. The largest absolute Gasteiger partial charge is 0.352 e. The van der Waals surface area contributed by atoms with Crippen LogP contribution in [0.5, 0.6) is 0 Å². The molecule has 0 unspecified atom stereocenters. The Morgan fingerprint density at radius 3 is 2.87 bits per heavy atom. The number of carbonyl (C=O) groups is 1. The second-order valence-corrected chi connectivity index (χ2v) is 4.22. The molecule has 1 N–H and O–H groups in total. The molecule has 0 saturated heterocycles. The van der Waals surface area contributed by atoms with Crippen LogP contribution in [0.4, 0.5) is 4.39 Å². The van der Waals surface area contributed by atoms with Gasteiger partial charge in [-0.05, 0) is 24.6 Å². The summed E-state index contributed by atoms with van der Waals surface area (Å²) >= 11 is 8.57. The summed E-state index contributed by atoms with van der Waals surface area (Å²) in [6, 6.07) is 4.32. The fourth-order valence-electron chi connectivity index (χ4n) is 1.04. The molecule has 1 amide bonds. The molecule has 2 nitrogen and oxygen atoms in total. The van der Waals surface area contributed by atoms with Crippen molar-refractivity contribution in [1.82, 2.24) is 5.32 Å². The molecular formula is C10H10BrClFNO. The maximum atomic E-state index is 13.3. The van der Waals surface area contributed by atoms with Gasteiger partial charge in [0.2, 0.25) is 0 Å². The van der Waals surface area contributed by atoms with Gasteiger partial charge in [0, 0.05) is 16.9 Å². The normalized spacial score (nSPS) is 10.1. The van der Waals surface area contributed by atoms with Crippen LogP contribution in [0, 0.1) is 5.82 Å². The Kier molecular flexibility index (Phi) is 5.05. The quantitative estimate of drug-likeness (QED) is 0.671. The monoisotopic (exact) mass is 293 g/mol. The first-order valence-electron chi connectivity index (χ1n) is 4.44. The number of amides is 1. The molecule has 0 radical (unpaired) electrons. The first-order valence-corrected chi connectivity index (χ1v) is 5.77. The van der Waals surface area contributed by atoms with Gasteiger partial charge in [-0.2, -0.15) is 0 Å². The van der Waals surface area contributed by atoms with E-state index in [1.54, 1.807) is 6.07 Å². The van der Waals surface area contributed by atoms with E-state index < -0.39 is 11.7 Å². The van der Waals surface area contributed by atoms with Crippen molar-refractivity contribution in [1.29, 1.82) is 0 Å². The van der Waals surface area contributed by atoms with E-state index in [0.29, 0.717) is 23.3 Å². The van der Waals surface area contributed by atoms with E-state index in [1.807, 2.05) is 0 Å². The third-order valence-electron chi connectivity index (χ3n) is 1.77. The average Bonchev–Trinajstić information content (AvgIpc) is 2.17. The van der Waals surface area contributed by atoms with Gasteiger partial charge in [0.25, 0.3) is 5.91 Å². The fraction of sp³-hybridized carbons (Fsp3) is 0.300. The second kappa shape index (κ2) is 6.08. The van der Waals surface area contributed by atoms with Crippen LogP contribution in [0.2, 0.25) is 0 Å². The fourth-order valence-corrected chi connectivity index (χ4v) is 1.50. The number of halogens is 3. The summed E-state index contributed by atoms with van der Waals surface area (Å²) in [5.74, 6) is -0.471. The molecule has 15 heavy (non-hydrogen) atoms. The van der Waals surface area contributed by atoms with E-state index in [9.17, 15) is 9.18 Å². The molecule has 0 aromatic heterocycles. The summed E-state index contributed by atoms with van der Waals surface area (Å²) < 4.78 is 13.9. The summed E-state index contributed by atoms with van der Waals surface area (Å²) in [7, 11) is 0. The van der Waals surface area contributed by atoms with E-state index in [2.05, 4.69) is 21.2 Å². The molecule has 0 heterocycles. The zero-order chi connectivity index (χ0) is 11.3. The van der Waals surface area contributed by atoms with Gasteiger partial charge in [-0.25, -0.2) is 4.39 Å². The maximum absolute atomic E-state index is 13.3. The van der Waals surface area contributed by atoms with Crippen LogP contribution < -0.4 is 5.32 Å². The Labute approximate surface area is 101 Å². The summed E-state index contributed by atoms with van der Waals surface area (Å²) in [4.78, 5) is 11.4. The minimum absolute atomic E-state index is 0.0489.